The molecule has 1 aliphatic rings. The molecule has 3 aromatic rings. The Hall–Kier alpha value is -2.73. The minimum atomic E-state index is -0.228. The predicted octanol–water partition coefficient (Wildman–Crippen LogP) is 4.57. The average molecular weight is 431 g/mol. The number of nitrogens with zero attached hydrogens (tertiary/aromatic N) is 1. The Bertz CT molecular complexity index is 1010. The van der Waals surface area contributed by atoms with E-state index in [2.05, 4.69) is 22.3 Å². The molecule has 1 N–H and O–H groups in total. The van der Waals surface area contributed by atoms with E-state index in [9.17, 15) is 9.59 Å². The third-order valence-corrected chi connectivity index (χ3v) is 6.51. The van der Waals surface area contributed by atoms with E-state index in [-0.39, 0.29) is 17.6 Å². The molecule has 0 spiro atoms. The molecule has 4 nitrogen and oxygen atoms in total. The maximum absolute atomic E-state index is 12.9. The van der Waals surface area contributed by atoms with Crippen LogP contribution in [-0.2, 0) is 0 Å². The molecule has 1 fully saturated rings. The van der Waals surface area contributed by atoms with Gasteiger partial charge in [-0.2, -0.15) is 0 Å². The molecule has 0 saturated carbocycles. The van der Waals surface area contributed by atoms with Crippen LogP contribution in [0.25, 0.3) is 0 Å². The highest BCUT2D eigenvalue weighted by molar-refractivity contribution is 7.99. The number of hydrogen-bond donors (Lipinski definition) is 1. The third kappa shape index (κ3) is 5.70. The number of piperazine rings is 1. The molecular weight excluding hydrogens is 404 g/mol. The van der Waals surface area contributed by atoms with Gasteiger partial charge < -0.3 is 5.32 Å². The zero-order valence-corrected chi connectivity index (χ0v) is 18.2. The zero-order valence-electron chi connectivity index (χ0n) is 17.4. The van der Waals surface area contributed by atoms with Crippen LogP contribution in [0, 0.1) is 0 Å². The minimum Gasteiger partial charge on any atom is -0.313 e. The number of Topliss-reactive ketones (excluding diaryl/α,β-unsaturated/α-hetero) is 2. The first-order valence-electron chi connectivity index (χ1n) is 10.6. The lowest BCUT2D eigenvalue weighted by atomic mass is 10.0. The average Bonchev–Trinajstić information content (AvgIpc) is 2.84. The molecule has 0 aliphatic carbocycles. The van der Waals surface area contributed by atoms with Crippen molar-refractivity contribution in [3.63, 3.8) is 0 Å². The summed E-state index contributed by atoms with van der Waals surface area (Å²) >= 11 is 1.68. The van der Waals surface area contributed by atoms with Gasteiger partial charge >= 0.3 is 0 Å². The number of hydrogen-bond acceptors (Lipinski definition) is 5. The van der Waals surface area contributed by atoms with E-state index < -0.39 is 0 Å². The number of ketones is 2. The van der Waals surface area contributed by atoms with Crippen molar-refractivity contribution in [1.29, 1.82) is 0 Å². The molecule has 1 atom stereocenters. The van der Waals surface area contributed by atoms with E-state index in [1.807, 2.05) is 72.8 Å². The Morgan fingerprint density at radius 2 is 1.48 bits per heavy atom. The van der Waals surface area contributed by atoms with Crippen molar-refractivity contribution in [1.82, 2.24) is 10.2 Å². The molecule has 31 heavy (non-hydrogen) atoms. The fourth-order valence-electron chi connectivity index (χ4n) is 3.79. The molecule has 4 rings (SSSR count). The molecule has 0 aromatic heterocycles. The van der Waals surface area contributed by atoms with Gasteiger partial charge in [-0.25, -0.2) is 0 Å². The standard InChI is InChI=1S/C26H26N2O2S/c29-25(20-11-13-23(14-12-20)31-22-9-5-2-6-10-22)15-17-28-18-16-27-19-24(28)26(30)21-7-3-1-4-8-21/h1-14,24,27H,15-19H2. The lowest BCUT2D eigenvalue weighted by molar-refractivity contribution is 0.0748. The summed E-state index contributed by atoms with van der Waals surface area (Å²) in [6.07, 6.45) is 0.406. The second-order valence-electron chi connectivity index (χ2n) is 7.60. The maximum Gasteiger partial charge on any atom is 0.181 e. The van der Waals surface area contributed by atoms with Gasteiger partial charge in [-0.1, -0.05) is 72.4 Å². The molecule has 1 aliphatic heterocycles. The number of carbonyl (C=O) groups excluding carboxylic acids is 2. The summed E-state index contributed by atoms with van der Waals surface area (Å²) in [6.45, 7) is 2.80. The van der Waals surface area contributed by atoms with Crippen LogP contribution in [0.3, 0.4) is 0 Å². The highest BCUT2D eigenvalue weighted by atomic mass is 32.2. The highest BCUT2D eigenvalue weighted by Gasteiger charge is 2.29. The first-order valence-corrected chi connectivity index (χ1v) is 11.4. The molecule has 5 heteroatoms. The summed E-state index contributed by atoms with van der Waals surface area (Å²) in [7, 11) is 0. The highest BCUT2D eigenvalue weighted by Crippen LogP contribution is 2.27. The first kappa shape index (κ1) is 21.5. The van der Waals surface area contributed by atoms with Gasteiger partial charge in [-0.15, -0.1) is 0 Å². The van der Waals surface area contributed by atoms with Crippen molar-refractivity contribution in [2.45, 2.75) is 22.3 Å². The summed E-state index contributed by atoms with van der Waals surface area (Å²) in [5.41, 5.74) is 1.44. The SMILES string of the molecule is O=C(CCN1CCNCC1C(=O)c1ccccc1)c1ccc(Sc2ccccc2)cc1. The second-order valence-corrected chi connectivity index (χ2v) is 8.75. The van der Waals surface area contributed by atoms with E-state index in [1.165, 1.54) is 4.90 Å². The van der Waals surface area contributed by atoms with E-state index in [0.29, 0.717) is 19.5 Å². The van der Waals surface area contributed by atoms with Crippen molar-refractivity contribution in [2.75, 3.05) is 26.2 Å². The van der Waals surface area contributed by atoms with Crippen molar-refractivity contribution in [2.24, 2.45) is 0 Å². The Kier molecular flexibility index (Phi) is 7.30. The second kappa shape index (κ2) is 10.5. The third-order valence-electron chi connectivity index (χ3n) is 5.50. The van der Waals surface area contributed by atoms with Crippen LogP contribution in [-0.4, -0.2) is 48.7 Å². The van der Waals surface area contributed by atoms with Gasteiger partial charge in [-0.3, -0.25) is 14.5 Å². The minimum absolute atomic E-state index is 0.112. The van der Waals surface area contributed by atoms with Crippen LogP contribution < -0.4 is 5.32 Å². The quantitative estimate of drug-likeness (QED) is 0.531. The molecular formula is C26H26N2O2S. The number of benzene rings is 3. The van der Waals surface area contributed by atoms with Crippen LogP contribution in [0.5, 0.6) is 0 Å². The van der Waals surface area contributed by atoms with Crippen LogP contribution in [0.4, 0.5) is 0 Å². The zero-order chi connectivity index (χ0) is 21.5. The normalized spacial score (nSPS) is 16.7. The first-order chi connectivity index (χ1) is 15.2. The van der Waals surface area contributed by atoms with Gasteiger partial charge in [0.15, 0.2) is 11.6 Å². The van der Waals surface area contributed by atoms with Gasteiger partial charge in [0.05, 0.1) is 6.04 Å². The Labute approximate surface area is 187 Å². The van der Waals surface area contributed by atoms with E-state index in [0.717, 1.165) is 29.1 Å². The fraction of sp³-hybridized carbons (Fsp3) is 0.231. The van der Waals surface area contributed by atoms with Crippen molar-refractivity contribution >= 4 is 23.3 Å². The summed E-state index contributed by atoms with van der Waals surface area (Å²) in [5.74, 6) is 0.225. The van der Waals surface area contributed by atoms with E-state index >= 15 is 0 Å². The van der Waals surface area contributed by atoms with Crippen molar-refractivity contribution < 1.29 is 9.59 Å². The van der Waals surface area contributed by atoms with Gasteiger partial charge in [0.25, 0.3) is 0 Å². The summed E-state index contributed by atoms with van der Waals surface area (Å²) in [5, 5.41) is 3.31. The number of carbonyl (C=O) groups is 2. The molecule has 1 unspecified atom stereocenters. The molecule has 0 radical (unpaired) electrons. The molecule has 158 valence electrons. The van der Waals surface area contributed by atoms with Crippen LogP contribution in [0.1, 0.15) is 27.1 Å². The Balaban J connectivity index is 1.35. The Morgan fingerprint density at radius 3 is 2.19 bits per heavy atom. The molecule has 0 amide bonds. The van der Waals surface area contributed by atoms with Crippen LogP contribution >= 0.6 is 11.8 Å². The van der Waals surface area contributed by atoms with Crippen molar-refractivity contribution in [3.8, 4) is 0 Å². The topological polar surface area (TPSA) is 49.4 Å². The monoisotopic (exact) mass is 430 g/mol. The number of nitrogens with one attached hydrogen (secondary N) is 1. The predicted molar refractivity (Wildman–Crippen MR) is 125 cm³/mol. The lowest BCUT2D eigenvalue weighted by Crippen LogP contribution is -2.55. The molecule has 1 heterocycles. The van der Waals surface area contributed by atoms with E-state index in [1.54, 1.807) is 11.8 Å². The van der Waals surface area contributed by atoms with Gasteiger partial charge in [0, 0.05) is 53.5 Å². The van der Waals surface area contributed by atoms with Gasteiger partial charge in [-0.05, 0) is 24.3 Å². The summed E-state index contributed by atoms with van der Waals surface area (Å²) in [6, 6.07) is 27.2. The molecule has 0 bridgehead atoms. The fourth-order valence-corrected chi connectivity index (χ4v) is 4.63. The molecule has 3 aromatic carbocycles. The maximum atomic E-state index is 12.9. The van der Waals surface area contributed by atoms with E-state index in [4.69, 9.17) is 0 Å². The molecule has 1 saturated heterocycles. The van der Waals surface area contributed by atoms with Crippen molar-refractivity contribution in [3.05, 3.63) is 96.1 Å². The van der Waals surface area contributed by atoms with Gasteiger partial charge in [0.2, 0.25) is 0 Å². The largest absolute Gasteiger partial charge is 0.313 e. The number of rotatable bonds is 8. The smallest absolute Gasteiger partial charge is 0.181 e. The Morgan fingerprint density at radius 1 is 0.839 bits per heavy atom. The summed E-state index contributed by atoms with van der Waals surface area (Å²) in [4.78, 5) is 30.1. The lowest BCUT2D eigenvalue weighted by Gasteiger charge is -2.35. The summed E-state index contributed by atoms with van der Waals surface area (Å²) < 4.78 is 0. The van der Waals surface area contributed by atoms with Crippen LogP contribution in [0.2, 0.25) is 0 Å². The van der Waals surface area contributed by atoms with Crippen LogP contribution in [0.15, 0.2) is 94.7 Å². The van der Waals surface area contributed by atoms with Gasteiger partial charge in [0.1, 0.15) is 0 Å².